The SMILES string of the molecule is c1ccc(N=Nc2cnc[nH]2)cc1. The lowest BCUT2D eigenvalue weighted by atomic mass is 10.3. The zero-order valence-corrected chi connectivity index (χ0v) is 6.88. The van der Waals surface area contributed by atoms with Gasteiger partial charge in [-0.15, -0.1) is 10.2 Å². The molecule has 13 heavy (non-hydrogen) atoms. The lowest BCUT2D eigenvalue weighted by Crippen LogP contribution is -1.61. The molecule has 1 N–H and O–H groups in total. The Morgan fingerprint density at radius 3 is 2.62 bits per heavy atom. The van der Waals surface area contributed by atoms with Gasteiger partial charge in [-0.2, -0.15) is 0 Å². The van der Waals surface area contributed by atoms with E-state index in [4.69, 9.17) is 0 Å². The number of rotatable bonds is 2. The maximum absolute atomic E-state index is 4.00. The second-order valence-electron chi connectivity index (χ2n) is 2.47. The van der Waals surface area contributed by atoms with Gasteiger partial charge in [-0.1, -0.05) is 18.2 Å². The predicted molar refractivity (Wildman–Crippen MR) is 49.2 cm³/mol. The number of H-pyrrole nitrogens is 1. The van der Waals surface area contributed by atoms with Crippen molar-refractivity contribution >= 4 is 11.5 Å². The molecule has 64 valence electrons. The lowest BCUT2D eigenvalue weighted by Gasteiger charge is -1.87. The van der Waals surface area contributed by atoms with E-state index >= 15 is 0 Å². The molecule has 0 aliphatic heterocycles. The molecule has 0 spiro atoms. The number of hydrogen-bond acceptors (Lipinski definition) is 3. The third-order valence-corrected chi connectivity index (χ3v) is 1.51. The van der Waals surface area contributed by atoms with Gasteiger partial charge in [0.15, 0.2) is 5.82 Å². The van der Waals surface area contributed by atoms with Crippen LogP contribution in [-0.4, -0.2) is 9.97 Å². The average molecular weight is 172 g/mol. The number of azo groups is 1. The minimum Gasteiger partial charge on any atom is -0.328 e. The third-order valence-electron chi connectivity index (χ3n) is 1.51. The van der Waals surface area contributed by atoms with Gasteiger partial charge in [0.05, 0.1) is 18.2 Å². The maximum Gasteiger partial charge on any atom is 0.172 e. The van der Waals surface area contributed by atoms with Gasteiger partial charge in [-0.3, -0.25) is 0 Å². The number of hydrogen-bond donors (Lipinski definition) is 1. The van der Waals surface area contributed by atoms with Crippen molar-refractivity contribution in [2.24, 2.45) is 10.2 Å². The summed E-state index contributed by atoms with van der Waals surface area (Å²) in [6, 6.07) is 9.55. The molecule has 1 heterocycles. The minimum atomic E-state index is 0.656. The molecule has 2 rings (SSSR count). The highest BCUT2D eigenvalue weighted by Gasteiger charge is 1.88. The summed E-state index contributed by atoms with van der Waals surface area (Å²) in [7, 11) is 0. The van der Waals surface area contributed by atoms with Gasteiger partial charge in [-0.05, 0) is 12.1 Å². The van der Waals surface area contributed by atoms with Gasteiger partial charge in [0.1, 0.15) is 0 Å². The Balaban J connectivity index is 2.15. The molecule has 0 aliphatic carbocycles. The monoisotopic (exact) mass is 172 g/mol. The van der Waals surface area contributed by atoms with Crippen LogP contribution in [0.5, 0.6) is 0 Å². The summed E-state index contributed by atoms with van der Waals surface area (Å²) in [6.07, 6.45) is 3.19. The molecular formula is C9H8N4. The van der Waals surface area contributed by atoms with Crippen LogP contribution in [-0.2, 0) is 0 Å². The predicted octanol–water partition coefficient (Wildman–Crippen LogP) is 2.83. The molecule has 0 aliphatic rings. The van der Waals surface area contributed by atoms with Crippen LogP contribution in [0.4, 0.5) is 11.5 Å². The van der Waals surface area contributed by atoms with Crippen LogP contribution in [0.25, 0.3) is 0 Å². The van der Waals surface area contributed by atoms with Gasteiger partial charge in [-0.25, -0.2) is 4.98 Å². The zero-order chi connectivity index (χ0) is 8.93. The summed E-state index contributed by atoms with van der Waals surface area (Å²) in [4.78, 5) is 6.66. The number of nitrogens with one attached hydrogen (secondary N) is 1. The number of nitrogens with zero attached hydrogens (tertiary/aromatic N) is 3. The van der Waals surface area contributed by atoms with E-state index in [9.17, 15) is 0 Å². The van der Waals surface area contributed by atoms with E-state index in [1.54, 1.807) is 12.5 Å². The van der Waals surface area contributed by atoms with Crippen molar-refractivity contribution < 1.29 is 0 Å². The van der Waals surface area contributed by atoms with Gasteiger partial charge in [0.25, 0.3) is 0 Å². The lowest BCUT2D eigenvalue weighted by molar-refractivity contribution is 1.18. The fraction of sp³-hybridized carbons (Fsp3) is 0. The van der Waals surface area contributed by atoms with Crippen LogP contribution in [0.3, 0.4) is 0 Å². The van der Waals surface area contributed by atoms with Crippen LogP contribution in [0.15, 0.2) is 53.1 Å². The molecule has 4 heteroatoms. The number of imidazole rings is 1. The summed E-state index contributed by atoms with van der Waals surface area (Å²) in [5.74, 6) is 0.656. The molecule has 0 saturated carbocycles. The largest absolute Gasteiger partial charge is 0.328 e. The number of aromatic nitrogens is 2. The molecule has 4 nitrogen and oxygen atoms in total. The highest BCUT2D eigenvalue weighted by atomic mass is 15.2. The Morgan fingerprint density at radius 1 is 1.08 bits per heavy atom. The summed E-state index contributed by atoms with van der Waals surface area (Å²) in [5.41, 5.74) is 0.831. The highest BCUT2D eigenvalue weighted by molar-refractivity contribution is 5.35. The van der Waals surface area contributed by atoms with E-state index in [2.05, 4.69) is 20.2 Å². The first-order chi connectivity index (χ1) is 6.45. The van der Waals surface area contributed by atoms with Crippen molar-refractivity contribution in [3.63, 3.8) is 0 Å². The molecule has 0 unspecified atom stereocenters. The molecule has 0 fully saturated rings. The molecule has 2 aromatic rings. The zero-order valence-electron chi connectivity index (χ0n) is 6.88. The van der Waals surface area contributed by atoms with Crippen molar-refractivity contribution in [3.05, 3.63) is 42.9 Å². The van der Waals surface area contributed by atoms with E-state index in [0.29, 0.717) is 5.82 Å². The summed E-state index contributed by atoms with van der Waals surface area (Å²) in [5, 5.41) is 7.95. The van der Waals surface area contributed by atoms with Crippen LogP contribution >= 0.6 is 0 Å². The average Bonchev–Trinajstić information content (AvgIpc) is 2.69. The van der Waals surface area contributed by atoms with Gasteiger partial charge >= 0.3 is 0 Å². The van der Waals surface area contributed by atoms with Crippen molar-refractivity contribution in [1.29, 1.82) is 0 Å². The van der Waals surface area contributed by atoms with E-state index in [-0.39, 0.29) is 0 Å². The Morgan fingerprint density at radius 2 is 1.92 bits per heavy atom. The summed E-state index contributed by atoms with van der Waals surface area (Å²) in [6.45, 7) is 0. The summed E-state index contributed by atoms with van der Waals surface area (Å²) >= 11 is 0. The number of benzene rings is 1. The van der Waals surface area contributed by atoms with Crippen molar-refractivity contribution in [1.82, 2.24) is 9.97 Å². The second kappa shape index (κ2) is 3.62. The quantitative estimate of drug-likeness (QED) is 0.695. The molecule has 0 atom stereocenters. The first-order valence-corrected chi connectivity index (χ1v) is 3.90. The summed E-state index contributed by atoms with van der Waals surface area (Å²) < 4.78 is 0. The smallest absolute Gasteiger partial charge is 0.172 e. The van der Waals surface area contributed by atoms with Crippen LogP contribution in [0.2, 0.25) is 0 Å². The fourth-order valence-corrected chi connectivity index (χ4v) is 0.909. The Kier molecular flexibility index (Phi) is 2.14. The first-order valence-electron chi connectivity index (χ1n) is 3.90. The first kappa shape index (κ1) is 7.67. The second-order valence-corrected chi connectivity index (χ2v) is 2.47. The van der Waals surface area contributed by atoms with Crippen molar-refractivity contribution in [2.45, 2.75) is 0 Å². The van der Waals surface area contributed by atoms with E-state index in [0.717, 1.165) is 5.69 Å². The van der Waals surface area contributed by atoms with E-state index in [1.807, 2.05) is 30.3 Å². The van der Waals surface area contributed by atoms with Gasteiger partial charge in [0, 0.05) is 0 Å². The molecular weight excluding hydrogens is 164 g/mol. The molecule has 0 amide bonds. The fourth-order valence-electron chi connectivity index (χ4n) is 0.909. The Hall–Kier alpha value is -1.97. The van der Waals surface area contributed by atoms with Crippen molar-refractivity contribution in [2.75, 3.05) is 0 Å². The van der Waals surface area contributed by atoms with E-state index < -0.39 is 0 Å². The van der Waals surface area contributed by atoms with Crippen molar-refractivity contribution in [3.8, 4) is 0 Å². The maximum atomic E-state index is 4.00. The number of aromatic amines is 1. The van der Waals surface area contributed by atoms with E-state index in [1.165, 1.54) is 0 Å². The van der Waals surface area contributed by atoms with Gasteiger partial charge < -0.3 is 4.98 Å². The minimum absolute atomic E-state index is 0.656. The van der Waals surface area contributed by atoms with Gasteiger partial charge in [0.2, 0.25) is 0 Å². The van der Waals surface area contributed by atoms with Crippen LogP contribution < -0.4 is 0 Å². The Bertz CT molecular complexity index is 377. The Labute approximate surface area is 75.4 Å². The molecule has 0 saturated heterocycles. The van der Waals surface area contributed by atoms with Crippen LogP contribution in [0.1, 0.15) is 0 Å². The molecule has 0 bridgehead atoms. The highest BCUT2D eigenvalue weighted by Crippen LogP contribution is 2.14. The molecule has 1 aromatic carbocycles. The third kappa shape index (κ3) is 1.99. The molecule has 1 aromatic heterocycles. The van der Waals surface area contributed by atoms with Crippen LogP contribution in [0, 0.1) is 0 Å². The standard InChI is InChI=1S/C9H8N4/c1-2-4-8(5-3-1)12-13-9-6-10-7-11-9/h1-7H,(H,10,11). The normalized spacial score (nSPS) is 10.8. The molecule has 0 radical (unpaired) electrons. The topological polar surface area (TPSA) is 53.4 Å².